The Bertz CT molecular complexity index is 645. The standard InChI is InChI=1S/C16H19N3O/c1-3-11-8-12(19(2)18-11)9-16(20)14-10-17-15-7-5-4-6-13(14)15/h4-8,14,17H,3,9-10H2,1-2H3. The van der Waals surface area contributed by atoms with E-state index < -0.39 is 0 Å². The molecule has 0 radical (unpaired) electrons. The summed E-state index contributed by atoms with van der Waals surface area (Å²) in [4.78, 5) is 12.5. The van der Waals surface area contributed by atoms with Gasteiger partial charge in [0.1, 0.15) is 5.78 Å². The number of aromatic nitrogens is 2. The summed E-state index contributed by atoms with van der Waals surface area (Å²) < 4.78 is 1.82. The Kier molecular flexibility index (Phi) is 3.30. The van der Waals surface area contributed by atoms with Crippen LogP contribution in [0.5, 0.6) is 0 Å². The largest absolute Gasteiger partial charge is 0.384 e. The predicted molar refractivity (Wildman–Crippen MR) is 79.0 cm³/mol. The smallest absolute Gasteiger partial charge is 0.148 e. The average Bonchev–Trinajstić information content (AvgIpc) is 3.03. The average molecular weight is 269 g/mol. The zero-order chi connectivity index (χ0) is 14.1. The molecule has 0 bridgehead atoms. The van der Waals surface area contributed by atoms with Crippen molar-refractivity contribution >= 4 is 11.5 Å². The summed E-state index contributed by atoms with van der Waals surface area (Å²) in [5.74, 6) is 0.222. The van der Waals surface area contributed by atoms with Crippen molar-refractivity contribution in [3.63, 3.8) is 0 Å². The number of para-hydroxylation sites is 1. The normalized spacial score (nSPS) is 16.8. The third-order valence-corrected chi connectivity index (χ3v) is 3.97. The summed E-state index contributed by atoms with van der Waals surface area (Å²) in [6, 6.07) is 10.1. The van der Waals surface area contributed by atoms with Gasteiger partial charge >= 0.3 is 0 Å². The molecule has 0 saturated carbocycles. The summed E-state index contributed by atoms with van der Waals surface area (Å²) in [6.07, 6.45) is 1.35. The van der Waals surface area contributed by atoms with Crippen LogP contribution in [-0.4, -0.2) is 22.1 Å². The molecule has 1 unspecified atom stereocenters. The van der Waals surface area contributed by atoms with Crippen LogP contribution in [0.25, 0.3) is 0 Å². The molecule has 1 aromatic heterocycles. The number of nitrogens with one attached hydrogen (secondary N) is 1. The minimum absolute atomic E-state index is 0.0359. The molecule has 0 saturated heterocycles. The molecule has 2 aromatic rings. The Morgan fingerprint density at radius 2 is 2.25 bits per heavy atom. The molecular formula is C16H19N3O. The van der Waals surface area contributed by atoms with Crippen LogP contribution in [0.4, 0.5) is 5.69 Å². The number of rotatable bonds is 4. The molecule has 1 aromatic carbocycles. The van der Waals surface area contributed by atoms with Crippen LogP contribution in [0, 0.1) is 0 Å². The molecule has 1 atom stereocenters. The van der Waals surface area contributed by atoms with Crippen molar-refractivity contribution in [3.05, 3.63) is 47.3 Å². The van der Waals surface area contributed by atoms with E-state index in [9.17, 15) is 4.79 Å². The first-order chi connectivity index (χ1) is 9.69. The van der Waals surface area contributed by atoms with Crippen LogP contribution in [0.1, 0.15) is 29.8 Å². The minimum Gasteiger partial charge on any atom is -0.384 e. The van der Waals surface area contributed by atoms with E-state index in [1.54, 1.807) is 0 Å². The molecule has 4 nitrogen and oxygen atoms in total. The number of nitrogens with zero attached hydrogens (tertiary/aromatic N) is 2. The zero-order valence-electron chi connectivity index (χ0n) is 11.9. The molecule has 2 heterocycles. The van der Waals surface area contributed by atoms with Crippen molar-refractivity contribution < 1.29 is 4.79 Å². The molecule has 0 fully saturated rings. The van der Waals surface area contributed by atoms with E-state index in [1.807, 2.05) is 42.1 Å². The van der Waals surface area contributed by atoms with Crippen molar-refractivity contribution in [3.8, 4) is 0 Å². The molecule has 1 aliphatic rings. The third-order valence-electron chi connectivity index (χ3n) is 3.97. The van der Waals surface area contributed by atoms with E-state index >= 15 is 0 Å². The lowest BCUT2D eigenvalue weighted by atomic mass is 9.94. The van der Waals surface area contributed by atoms with E-state index in [1.165, 1.54) is 0 Å². The zero-order valence-corrected chi connectivity index (χ0v) is 11.9. The van der Waals surface area contributed by atoms with Crippen LogP contribution >= 0.6 is 0 Å². The molecule has 0 amide bonds. The summed E-state index contributed by atoms with van der Waals surface area (Å²) in [5.41, 5.74) is 4.25. The molecule has 104 valence electrons. The minimum atomic E-state index is -0.0359. The van der Waals surface area contributed by atoms with E-state index in [2.05, 4.69) is 17.3 Å². The van der Waals surface area contributed by atoms with Crippen molar-refractivity contribution in [2.75, 3.05) is 11.9 Å². The topological polar surface area (TPSA) is 46.9 Å². The molecule has 4 heteroatoms. The molecule has 0 spiro atoms. The number of carbonyl (C=O) groups is 1. The molecule has 1 N–H and O–H groups in total. The van der Waals surface area contributed by atoms with E-state index in [-0.39, 0.29) is 11.7 Å². The van der Waals surface area contributed by atoms with Crippen LogP contribution in [-0.2, 0) is 24.7 Å². The fourth-order valence-corrected chi connectivity index (χ4v) is 2.78. The van der Waals surface area contributed by atoms with Gasteiger partial charge in [-0.2, -0.15) is 5.10 Å². The van der Waals surface area contributed by atoms with E-state index in [0.29, 0.717) is 13.0 Å². The molecule has 0 aliphatic carbocycles. The van der Waals surface area contributed by atoms with E-state index in [0.717, 1.165) is 29.1 Å². The summed E-state index contributed by atoms with van der Waals surface area (Å²) in [5, 5.41) is 7.71. The Morgan fingerprint density at radius 1 is 1.45 bits per heavy atom. The highest BCUT2D eigenvalue weighted by Crippen LogP contribution is 2.32. The van der Waals surface area contributed by atoms with Crippen LogP contribution in [0.15, 0.2) is 30.3 Å². The quantitative estimate of drug-likeness (QED) is 0.926. The number of Topliss-reactive ketones (excluding diaryl/α,β-unsaturated/α-hetero) is 1. The number of carbonyl (C=O) groups excluding carboxylic acids is 1. The summed E-state index contributed by atoms with van der Waals surface area (Å²) >= 11 is 0. The van der Waals surface area contributed by atoms with Gasteiger partial charge in [0.15, 0.2) is 0 Å². The molecular weight excluding hydrogens is 250 g/mol. The summed E-state index contributed by atoms with van der Waals surface area (Å²) in [7, 11) is 1.91. The highest BCUT2D eigenvalue weighted by Gasteiger charge is 2.28. The maximum atomic E-state index is 12.5. The van der Waals surface area contributed by atoms with Gasteiger partial charge in [-0.3, -0.25) is 9.48 Å². The van der Waals surface area contributed by atoms with Crippen molar-refractivity contribution in [2.45, 2.75) is 25.7 Å². The Morgan fingerprint density at radius 3 is 3.00 bits per heavy atom. The number of ketones is 1. The van der Waals surface area contributed by atoms with Crippen LogP contribution in [0.3, 0.4) is 0 Å². The van der Waals surface area contributed by atoms with Gasteiger partial charge in [-0.1, -0.05) is 25.1 Å². The van der Waals surface area contributed by atoms with Crippen molar-refractivity contribution in [2.24, 2.45) is 7.05 Å². The number of benzene rings is 1. The van der Waals surface area contributed by atoms with Gasteiger partial charge in [-0.15, -0.1) is 0 Å². The van der Waals surface area contributed by atoms with Crippen LogP contribution < -0.4 is 5.32 Å². The first-order valence-corrected chi connectivity index (χ1v) is 7.06. The first kappa shape index (κ1) is 12.9. The Balaban J connectivity index is 1.79. The molecule has 1 aliphatic heterocycles. The SMILES string of the molecule is CCc1cc(CC(=O)C2CNc3ccccc32)n(C)n1. The number of aryl methyl sites for hydroxylation is 2. The maximum absolute atomic E-state index is 12.5. The number of anilines is 1. The fraction of sp³-hybridized carbons (Fsp3) is 0.375. The second-order valence-electron chi connectivity index (χ2n) is 5.27. The lowest BCUT2D eigenvalue weighted by Crippen LogP contribution is -2.18. The third kappa shape index (κ3) is 2.22. The van der Waals surface area contributed by atoms with Gasteiger partial charge in [0.25, 0.3) is 0 Å². The van der Waals surface area contributed by atoms with Gasteiger partial charge < -0.3 is 5.32 Å². The van der Waals surface area contributed by atoms with Gasteiger partial charge in [0, 0.05) is 31.4 Å². The maximum Gasteiger partial charge on any atom is 0.148 e. The van der Waals surface area contributed by atoms with Crippen molar-refractivity contribution in [1.82, 2.24) is 9.78 Å². The highest BCUT2D eigenvalue weighted by atomic mass is 16.1. The lowest BCUT2D eigenvalue weighted by molar-refractivity contribution is -0.119. The number of hydrogen-bond donors (Lipinski definition) is 1. The number of hydrogen-bond acceptors (Lipinski definition) is 3. The van der Waals surface area contributed by atoms with Gasteiger partial charge in [-0.05, 0) is 24.1 Å². The molecule has 20 heavy (non-hydrogen) atoms. The van der Waals surface area contributed by atoms with Gasteiger partial charge in [-0.25, -0.2) is 0 Å². The Labute approximate surface area is 118 Å². The van der Waals surface area contributed by atoms with E-state index in [4.69, 9.17) is 0 Å². The highest BCUT2D eigenvalue weighted by molar-refractivity contribution is 5.91. The predicted octanol–water partition coefficient (Wildman–Crippen LogP) is 2.30. The number of fused-ring (bicyclic) bond motifs is 1. The van der Waals surface area contributed by atoms with Crippen molar-refractivity contribution in [1.29, 1.82) is 0 Å². The Hall–Kier alpha value is -2.10. The summed E-state index contributed by atoms with van der Waals surface area (Å²) in [6.45, 7) is 2.78. The van der Waals surface area contributed by atoms with Gasteiger partial charge in [0.2, 0.25) is 0 Å². The molecule has 3 rings (SSSR count). The first-order valence-electron chi connectivity index (χ1n) is 7.06. The lowest BCUT2D eigenvalue weighted by Gasteiger charge is -2.09. The van der Waals surface area contributed by atoms with Crippen LogP contribution in [0.2, 0.25) is 0 Å². The van der Waals surface area contributed by atoms with Gasteiger partial charge in [0.05, 0.1) is 11.6 Å². The second-order valence-corrected chi connectivity index (χ2v) is 5.27. The fourth-order valence-electron chi connectivity index (χ4n) is 2.78. The second kappa shape index (κ2) is 5.12. The monoisotopic (exact) mass is 269 g/mol.